The molecule has 0 amide bonds. The average molecular weight is 180 g/mol. The maximum absolute atomic E-state index is 9.11. The van der Waals surface area contributed by atoms with Gasteiger partial charge in [0.1, 0.15) is 0 Å². The molecule has 1 heterocycles. The molecule has 0 radical (unpaired) electrons. The number of hydroxylamine groups is 2. The van der Waals surface area contributed by atoms with E-state index < -0.39 is 24.9 Å². The minimum atomic E-state index is -1.63. The topological polar surface area (TPSA) is 108 Å². The van der Waals surface area contributed by atoms with Crippen molar-refractivity contribution in [3.63, 3.8) is 0 Å². The summed E-state index contributed by atoms with van der Waals surface area (Å²) >= 11 is 0. The quantitative estimate of drug-likeness (QED) is 0.268. The molecule has 5 N–H and O–H groups in total. The van der Waals surface area contributed by atoms with Gasteiger partial charge in [0.15, 0.2) is 24.9 Å². The van der Waals surface area contributed by atoms with E-state index in [0.29, 0.717) is 0 Å². The van der Waals surface area contributed by atoms with Gasteiger partial charge in [0.25, 0.3) is 0 Å². The molecule has 1 saturated heterocycles. The summed E-state index contributed by atoms with van der Waals surface area (Å²) in [6.45, 7) is 0. The van der Waals surface area contributed by atoms with E-state index in [4.69, 9.17) is 25.6 Å². The minimum Gasteiger partial charge on any atom is -0.374 e. The van der Waals surface area contributed by atoms with Gasteiger partial charge >= 0.3 is 0 Å². The van der Waals surface area contributed by atoms with Crippen LogP contribution in [0.3, 0.4) is 0 Å². The van der Waals surface area contributed by atoms with E-state index in [9.17, 15) is 0 Å². The third-order valence-electron chi connectivity index (χ3n) is 1.91. The van der Waals surface area contributed by atoms with Crippen LogP contribution in [0.1, 0.15) is 0 Å². The van der Waals surface area contributed by atoms with Crippen molar-refractivity contribution >= 4 is 0 Å². The summed E-state index contributed by atoms with van der Waals surface area (Å²) in [5.74, 6) is 0. The number of nitrogens with zero attached hydrogens (tertiary/aromatic N) is 2. The van der Waals surface area contributed by atoms with E-state index in [1.807, 2.05) is 0 Å². The first kappa shape index (κ1) is 9.81. The molecule has 0 saturated carbocycles. The molecule has 12 heavy (non-hydrogen) atoms. The summed E-state index contributed by atoms with van der Waals surface area (Å²) < 4.78 is 0. The van der Waals surface area contributed by atoms with Crippen molar-refractivity contribution in [1.29, 1.82) is 0 Å². The van der Waals surface area contributed by atoms with Gasteiger partial charge in [-0.2, -0.15) is 0 Å². The second kappa shape index (κ2) is 3.23. The third kappa shape index (κ3) is 1.31. The van der Waals surface area contributed by atoms with Crippen molar-refractivity contribution in [2.75, 3.05) is 7.05 Å². The van der Waals surface area contributed by atoms with Crippen molar-refractivity contribution in [3.8, 4) is 0 Å². The molecule has 4 atom stereocenters. The Hall–Kier alpha value is -0.280. The Morgan fingerprint density at radius 2 is 1.17 bits per heavy atom. The fourth-order valence-corrected chi connectivity index (χ4v) is 1.01. The standard InChI is InChI=1S/C5H12N2O5/c1-6-2(8)4(10)7(12)5(11)3(6)9/h2-5,8-12H,1H3. The molecule has 1 aliphatic heterocycles. The zero-order valence-electron chi connectivity index (χ0n) is 6.44. The van der Waals surface area contributed by atoms with Crippen LogP contribution in [-0.2, 0) is 0 Å². The number of hydrogen-bond acceptors (Lipinski definition) is 7. The van der Waals surface area contributed by atoms with Crippen LogP contribution in [0.25, 0.3) is 0 Å². The highest BCUT2D eigenvalue weighted by atomic mass is 16.6. The van der Waals surface area contributed by atoms with Gasteiger partial charge < -0.3 is 25.6 Å². The maximum atomic E-state index is 9.11. The molecular weight excluding hydrogens is 168 g/mol. The number of aliphatic hydroxyl groups excluding tert-OH is 4. The van der Waals surface area contributed by atoms with Gasteiger partial charge in [-0.15, -0.1) is 5.06 Å². The Morgan fingerprint density at radius 3 is 1.50 bits per heavy atom. The van der Waals surface area contributed by atoms with E-state index in [1.54, 1.807) is 0 Å². The summed E-state index contributed by atoms with van der Waals surface area (Å²) in [5.41, 5.74) is 0. The highest BCUT2D eigenvalue weighted by Crippen LogP contribution is 2.17. The molecule has 0 aromatic rings. The molecule has 0 bridgehead atoms. The number of rotatable bonds is 0. The number of piperazine rings is 1. The highest BCUT2D eigenvalue weighted by Gasteiger charge is 2.43. The third-order valence-corrected chi connectivity index (χ3v) is 1.91. The zero-order valence-corrected chi connectivity index (χ0v) is 6.44. The second-order valence-corrected chi connectivity index (χ2v) is 2.70. The minimum absolute atomic E-state index is 0.0926. The van der Waals surface area contributed by atoms with Gasteiger partial charge in [0.05, 0.1) is 0 Å². The fraction of sp³-hybridized carbons (Fsp3) is 1.00. The van der Waals surface area contributed by atoms with Crippen LogP contribution in [0, 0.1) is 0 Å². The first-order valence-electron chi connectivity index (χ1n) is 3.38. The average Bonchev–Trinajstić information content (AvgIpc) is 2.08. The van der Waals surface area contributed by atoms with E-state index in [0.717, 1.165) is 4.90 Å². The lowest BCUT2D eigenvalue weighted by Gasteiger charge is -2.43. The van der Waals surface area contributed by atoms with E-state index in [2.05, 4.69) is 0 Å². The monoisotopic (exact) mass is 180 g/mol. The van der Waals surface area contributed by atoms with Crippen molar-refractivity contribution in [2.45, 2.75) is 24.9 Å². The van der Waals surface area contributed by atoms with Gasteiger partial charge in [-0.1, -0.05) is 0 Å². The van der Waals surface area contributed by atoms with Crippen LogP contribution in [-0.4, -0.2) is 67.6 Å². The zero-order chi connectivity index (χ0) is 9.46. The van der Waals surface area contributed by atoms with Crippen LogP contribution in [0.15, 0.2) is 0 Å². The van der Waals surface area contributed by atoms with Crippen LogP contribution in [0.5, 0.6) is 0 Å². The van der Waals surface area contributed by atoms with E-state index >= 15 is 0 Å². The summed E-state index contributed by atoms with van der Waals surface area (Å²) in [4.78, 5) is 0.933. The summed E-state index contributed by atoms with van der Waals surface area (Å²) in [5, 5.41) is 45.2. The lowest BCUT2D eigenvalue weighted by molar-refractivity contribution is -0.374. The van der Waals surface area contributed by atoms with Crippen LogP contribution in [0.4, 0.5) is 0 Å². The van der Waals surface area contributed by atoms with Crippen molar-refractivity contribution in [1.82, 2.24) is 9.96 Å². The summed E-state index contributed by atoms with van der Waals surface area (Å²) in [6, 6.07) is 0. The molecule has 4 unspecified atom stereocenters. The molecule has 7 heteroatoms. The van der Waals surface area contributed by atoms with Gasteiger partial charge in [-0.25, -0.2) is 4.90 Å². The molecular formula is C5H12N2O5. The SMILES string of the molecule is CN1C(O)C(O)N(O)C(O)C1O. The predicted molar refractivity (Wildman–Crippen MR) is 35.4 cm³/mol. The Bertz CT molecular complexity index is 109. The molecule has 1 fully saturated rings. The summed E-state index contributed by atoms with van der Waals surface area (Å²) in [7, 11) is 1.30. The van der Waals surface area contributed by atoms with Gasteiger partial charge in [0, 0.05) is 0 Å². The smallest absolute Gasteiger partial charge is 0.172 e. The Balaban J connectivity index is 2.76. The first-order chi connectivity index (χ1) is 5.46. The van der Waals surface area contributed by atoms with E-state index in [1.165, 1.54) is 7.05 Å². The molecule has 0 aromatic carbocycles. The number of likely N-dealkylation sites (N-methyl/N-ethyl adjacent to an activating group) is 1. The molecule has 1 rings (SSSR count). The predicted octanol–water partition coefficient (Wildman–Crippen LogP) is -3.10. The largest absolute Gasteiger partial charge is 0.374 e. The van der Waals surface area contributed by atoms with Crippen molar-refractivity contribution < 1.29 is 25.6 Å². The number of hydrogen-bond donors (Lipinski definition) is 5. The molecule has 0 aliphatic carbocycles. The van der Waals surface area contributed by atoms with Gasteiger partial charge in [0.2, 0.25) is 0 Å². The Kier molecular flexibility index (Phi) is 2.64. The van der Waals surface area contributed by atoms with E-state index in [-0.39, 0.29) is 5.06 Å². The molecule has 0 aromatic heterocycles. The lowest BCUT2D eigenvalue weighted by atomic mass is 10.2. The second-order valence-electron chi connectivity index (χ2n) is 2.70. The van der Waals surface area contributed by atoms with Crippen LogP contribution in [0.2, 0.25) is 0 Å². The van der Waals surface area contributed by atoms with Crippen LogP contribution < -0.4 is 0 Å². The normalized spacial score (nSPS) is 46.5. The lowest BCUT2D eigenvalue weighted by Crippen LogP contribution is -2.66. The van der Waals surface area contributed by atoms with Gasteiger partial charge in [-0.05, 0) is 7.05 Å². The van der Waals surface area contributed by atoms with Crippen molar-refractivity contribution in [2.24, 2.45) is 0 Å². The maximum Gasteiger partial charge on any atom is 0.172 e. The van der Waals surface area contributed by atoms with Gasteiger partial charge in [-0.3, -0.25) is 0 Å². The molecule has 7 nitrogen and oxygen atoms in total. The summed E-state index contributed by atoms with van der Waals surface area (Å²) in [6.07, 6.45) is -6.14. The number of aliphatic hydroxyl groups is 4. The fourth-order valence-electron chi connectivity index (χ4n) is 1.01. The Labute approximate surface area is 68.6 Å². The molecule has 1 aliphatic rings. The van der Waals surface area contributed by atoms with Crippen molar-refractivity contribution in [3.05, 3.63) is 0 Å². The Morgan fingerprint density at radius 1 is 0.833 bits per heavy atom. The highest BCUT2D eigenvalue weighted by molar-refractivity contribution is 4.78. The molecule has 72 valence electrons. The first-order valence-corrected chi connectivity index (χ1v) is 3.38. The molecule has 0 spiro atoms. The van der Waals surface area contributed by atoms with Crippen LogP contribution >= 0.6 is 0 Å².